The summed E-state index contributed by atoms with van der Waals surface area (Å²) in [6.45, 7) is 0. The first-order valence-corrected chi connectivity index (χ1v) is 5.85. The van der Waals surface area contributed by atoms with Crippen molar-refractivity contribution < 1.29 is 9.53 Å². The summed E-state index contributed by atoms with van der Waals surface area (Å²) in [6.07, 6.45) is 1.29. The van der Waals surface area contributed by atoms with E-state index in [0.717, 1.165) is 0 Å². The fraction of sp³-hybridized carbons (Fsp3) is 0.0833. The Labute approximate surface area is 118 Å². The zero-order chi connectivity index (χ0) is 13.5. The smallest absolute Gasteiger partial charge is 0.339 e. The minimum atomic E-state index is -0.437. The van der Waals surface area contributed by atoms with Crippen LogP contribution in [0.25, 0.3) is 0 Å². The highest BCUT2D eigenvalue weighted by Gasteiger charge is 2.12. The highest BCUT2D eigenvalue weighted by atomic mass is 127. The first-order valence-electron chi connectivity index (χ1n) is 4.77. The molecule has 5 nitrogen and oxygen atoms in total. The van der Waals surface area contributed by atoms with Gasteiger partial charge in [0, 0.05) is 6.20 Å². The molecule has 0 spiro atoms. The van der Waals surface area contributed by atoms with E-state index in [4.69, 9.17) is 10.5 Å². The van der Waals surface area contributed by atoms with Gasteiger partial charge in [0.15, 0.2) is 0 Å². The van der Waals surface area contributed by atoms with Crippen LogP contribution in [0.4, 0.5) is 5.69 Å². The number of rotatable bonds is 3. The van der Waals surface area contributed by atoms with Crippen LogP contribution in [0.5, 0.6) is 0 Å². The Hall–Kier alpha value is -2.06. The number of anilines is 1. The van der Waals surface area contributed by atoms with Crippen molar-refractivity contribution >= 4 is 34.2 Å². The number of nitriles is 2. The lowest BCUT2D eigenvalue weighted by molar-refractivity contribution is 0.0599. The maximum atomic E-state index is 11.5. The number of halogens is 1. The molecule has 0 radical (unpaired) electrons. The molecule has 0 unspecified atom stereocenters. The first-order chi connectivity index (χ1) is 8.63. The largest absolute Gasteiger partial charge is 0.465 e. The SMILES string of the molecule is COC(=O)c1cccc(NC=C(C#N)C#N)c1I. The van der Waals surface area contributed by atoms with E-state index in [1.807, 2.05) is 22.6 Å². The van der Waals surface area contributed by atoms with Crippen LogP contribution in [0, 0.1) is 26.2 Å². The maximum Gasteiger partial charge on any atom is 0.339 e. The fourth-order valence-electron chi connectivity index (χ4n) is 1.15. The number of allylic oxidation sites excluding steroid dienone is 1. The molecule has 0 fully saturated rings. The predicted octanol–water partition coefficient (Wildman–Crippen LogP) is 2.42. The number of nitrogens with one attached hydrogen (secondary N) is 1. The normalized spacial score (nSPS) is 8.67. The van der Waals surface area contributed by atoms with Gasteiger partial charge in [0.25, 0.3) is 0 Å². The molecule has 1 rings (SSSR count). The maximum absolute atomic E-state index is 11.5. The number of carbonyl (C=O) groups is 1. The molecule has 0 aliphatic carbocycles. The molecule has 1 N–H and O–H groups in total. The summed E-state index contributed by atoms with van der Waals surface area (Å²) in [5, 5.41) is 20.0. The monoisotopic (exact) mass is 353 g/mol. The standard InChI is InChI=1S/C12H8IN3O2/c1-18-12(17)9-3-2-4-10(11(9)13)16-7-8(5-14)6-15/h2-4,7,16H,1H3. The third-order valence-electron chi connectivity index (χ3n) is 2.02. The zero-order valence-corrected chi connectivity index (χ0v) is 11.6. The molecule has 90 valence electrons. The molecule has 0 aromatic heterocycles. The number of nitrogens with zero attached hydrogens (tertiary/aromatic N) is 2. The quantitative estimate of drug-likeness (QED) is 0.512. The highest BCUT2D eigenvalue weighted by molar-refractivity contribution is 14.1. The number of carbonyl (C=O) groups excluding carboxylic acids is 1. The summed E-state index contributed by atoms with van der Waals surface area (Å²) in [7, 11) is 1.31. The molecule has 0 aliphatic rings. The third kappa shape index (κ3) is 3.22. The van der Waals surface area contributed by atoms with Gasteiger partial charge in [0.2, 0.25) is 0 Å². The van der Waals surface area contributed by atoms with Gasteiger partial charge in [-0.05, 0) is 34.7 Å². The van der Waals surface area contributed by atoms with Crippen LogP contribution in [0.15, 0.2) is 30.0 Å². The van der Waals surface area contributed by atoms with Gasteiger partial charge in [-0.15, -0.1) is 0 Å². The molecule has 0 bridgehead atoms. The summed E-state index contributed by atoms with van der Waals surface area (Å²) >= 11 is 1.99. The zero-order valence-electron chi connectivity index (χ0n) is 9.40. The lowest BCUT2D eigenvalue weighted by atomic mass is 10.2. The minimum absolute atomic E-state index is 0.0470. The average Bonchev–Trinajstić information content (AvgIpc) is 2.40. The molecular formula is C12H8IN3O2. The van der Waals surface area contributed by atoms with Crippen LogP contribution in [0.2, 0.25) is 0 Å². The number of esters is 1. The van der Waals surface area contributed by atoms with Crippen LogP contribution < -0.4 is 5.32 Å². The van der Waals surface area contributed by atoms with E-state index >= 15 is 0 Å². The number of hydrogen-bond donors (Lipinski definition) is 1. The minimum Gasteiger partial charge on any atom is -0.465 e. The van der Waals surface area contributed by atoms with Crippen LogP contribution in [-0.4, -0.2) is 13.1 Å². The molecule has 0 saturated carbocycles. The van der Waals surface area contributed by atoms with E-state index in [2.05, 4.69) is 10.1 Å². The van der Waals surface area contributed by atoms with E-state index in [9.17, 15) is 4.79 Å². The van der Waals surface area contributed by atoms with Crippen LogP contribution in [0.1, 0.15) is 10.4 Å². The Kier molecular flexibility index (Phi) is 5.15. The van der Waals surface area contributed by atoms with Crippen molar-refractivity contribution in [1.29, 1.82) is 10.5 Å². The lowest BCUT2D eigenvalue weighted by Gasteiger charge is -2.08. The molecule has 18 heavy (non-hydrogen) atoms. The Bertz CT molecular complexity index is 566. The van der Waals surface area contributed by atoms with Gasteiger partial charge in [0.1, 0.15) is 17.7 Å². The van der Waals surface area contributed by atoms with E-state index in [1.54, 1.807) is 30.3 Å². The van der Waals surface area contributed by atoms with Crippen molar-refractivity contribution in [1.82, 2.24) is 0 Å². The third-order valence-corrected chi connectivity index (χ3v) is 3.18. The van der Waals surface area contributed by atoms with Gasteiger partial charge in [-0.2, -0.15) is 10.5 Å². The van der Waals surface area contributed by atoms with E-state index < -0.39 is 5.97 Å². The highest BCUT2D eigenvalue weighted by Crippen LogP contribution is 2.23. The van der Waals surface area contributed by atoms with Gasteiger partial charge < -0.3 is 10.1 Å². The topological polar surface area (TPSA) is 85.9 Å². The Morgan fingerprint density at radius 2 is 2.11 bits per heavy atom. The second-order valence-electron chi connectivity index (χ2n) is 3.08. The molecular weight excluding hydrogens is 345 g/mol. The van der Waals surface area contributed by atoms with Gasteiger partial charge in [-0.1, -0.05) is 6.07 Å². The van der Waals surface area contributed by atoms with Gasteiger partial charge in [0.05, 0.1) is 21.9 Å². The lowest BCUT2D eigenvalue weighted by Crippen LogP contribution is -2.05. The molecule has 1 aromatic rings. The molecule has 0 aliphatic heterocycles. The van der Waals surface area contributed by atoms with Crippen LogP contribution in [-0.2, 0) is 4.74 Å². The van der Waals surface area contributed by atoms with Crippen LogP contribution in [0.3, 0.4) is 0 Å². The molecule has 0 saturated heterocycles. The summed E-state index contributed by atoms with van der Waals surface area (Å²) in [6, 6.07) is 8.52. The Balaban J connectivity index is 3.07. The van der Waals surface area contributed by atoms with E-state index in [1.165, 1.54) is 13.3 Å². The van der Waals surface area contributed by atoms with Crippen molar-refractivity contribution in [2.75, 3.05) is 12.4 Å². The summed E-state index contributed by atoms with van der Waals surface area (Å²) in [5.74, 6) is -0.437. The van der Waals surface area contributed by atoms with Crippen molar-refractivity contribution in [2.45, 2.75) is 0 Å². The molecule has 1 aromatic carbocycles. The summed E-state index contributed by atoms with van der Waals surface area (Å²) < 4.78 is 5.31. The average molecular weight is 353 g/mol. The van der Waals surface area contributed by atoms with Crippen molar-refractivity contribution in [3.05, 3.63) is 39.1 Å². The number of methoxy groups -OCH3 is 1. The van der Waals surface area contributed by atoms with Crippen molar-refractivity contribution in [3.63, 3.8) is 0 Å². The Morgan fingerprint density at radius 1 is 1.44 bits per heavy atom. The number of hydrogen-bond acceptors (Lipinski definition) is 5. The second-order valence-corrected chi connectivity index (χ2v) is 4.16. The van der Waals surface area contributed by atoms with Crippen molar-refractivity contribution in [2.24, 2.45) is 0 Å². The predicted molar refractivity (Wildman–Crippen MR) is 73.4 cm³/mol. The molecule has 0 atom stereocenters. The van der Waals surface area contributed by atoms with E-state index in [-0.39, 0.29) is 5.57 Å². The summed E-state index contributed by atoms with van der Waals surface area (Å²) in [4.78, 5) is 11.5. The fourth-order valence-corrected chi connectivity index (χ4v) is 1.89. The molecule has 6 heteroatoms. The number of benzene rings is 1. The number of ether oxygens (including phenoxy) is 1. The first kappa shape index (κ1) is 14.0. The van der Waals surface area contributed by atoms with Gasteiger partial charge in [-0.3, -0.25) is 0 Å². The van der Waals surface area contributed by atoms with Gasteiger partial charge >= 0.3 is 5.97 Å². The van der Waals surface area contributed by atoms with E-state index in [0.29, 0.717) is 14.8 Å². The summed E-state index contributed by atoms with van der Waals surface area (Å²) in [5.41, 5.74) is 1.00. The van der Waals surface area contributed by atoms with Gasteiger partial charge in [-0.25, -0.2) is 4.79 Å². The van der Waals surface area contributed by atoms with Crippen molar-refractivity contribution in [3.8, 4) is 12.1 Å². The van der Waals surface area contributed by atoms with Crippen LogP contribution >= 0.6 is 22.6 Å². The molecule has 0 amide bonds. The second kappa shape index (κ2) is 6.62. The molecule has 0 heterocycles. The Morgan fingerprint density at radius 3 is 2.67 bits per heavy atom.